The first kappa shape index (κ1) is 13.6. The standard InChI is InChI=1S/C18H17NO2/c1-12-9-10-19-11-16(12)18(20)15-7-8-17(21-2)14-6-4-3-5-13(14)15/h3-11,18,20H,1-2H3. The van der Waals surface area contributed by atoms with Crippen molar-refractivity contribution in [2.45, 2.75) is 13.0 Å². The smallest absolute Gasteiger partial charge is 0.126 e. The first-order valence-corrected chi connectivity index (χ1v) is 6.86. The molecule has 0 saturated carbocycles. The number of aliphatic hydroxyl groups excluding tert-OH is 1. The van der Waals surface area contributed by atoms with E-state index >= 15 is 0 Å². The first-order valence-electron chi connectivity index (χ1n) is 6.86. The van der Waals surface area contributed by atoms with Gasteiger partial charge in [-0.2, -0.15) is 0 Å². The summed E-state index contributed by atoms with van der Waals surface area (Å²) in [6, 6.07) is 13.7. The van der Waals surface area contributed by atoms with Gasteiger partial charge in [-0.1, -0.05) is 30.3 Å². The second-order valence-electron chi connectivity index (χ2n) is 5.04. The second-order valence-corrected chi connectivity index (χ2v) is 5.04. The number of fused-ring (bicyclic) bond motifs is 1. The van der Waals surface area contributed by atoms with Crippen LogP contribution in [0, 0.1) is 6.92 Å². The Morgan fingerprint density at radius 3 is 2.48 bits per heavy atom. The molecule has 0 aliphatic heterocycles. The minimum atomic E-state index is -0.700. The Morgan fingerprint density at radius 2 is 1.76 bits per heavy atom. The summed E-state index contributed by atoms with van der Waals surface area (Å²) in [5, 5.41) is 12.7. The molecule has 0 aliphatic rings. The SMILES string of the molecule is COc1ccc(C(O)c2cnccc2C)c2ccccc12. The Bertz CT molecular complexity index is 783. The molecule has 0 fully saturated rings. The van der Waals surface area contributed by atoms with Crippen molar-refractivity contribution in [2.24, 2.45) is 0 Å². The van der Waals surface area contributed by atoms with Crippen LogP contribution in [0.15, 0.2) is 54.9 Å². The number of aryl methyl sites for hydroxylation is 1. The molecule has 0 bridgehead atoms. The summed E-state index contributed by atoms with van der Waals surface area (Å²) in [7, 11) is 1.66. The van der Waals surface area contributed by atoms with Crippen LogP contribution in [-0.2, 0) is 0 Å². The van der Waals surface area contributed by atoms with Gasteiger partial charge in [-0.3, -0.25) is 4.98 Å². The molecule has 3 aromatic rings. The van der Waals surface area contributed by atoms with E-state index in [0.717, 1.165) is 33.2 Å². The normalized spacial score (nSPS) is 12.3. The maximum Gasteiger partial charge on any atom is 0.126 e. The van der Waals surface area contributed by atoms with Crippen molar-refractivity contribution >= 4 is 10.8 Å². The molecule has 0 radical (unpaired) electrons. The Morgan fingerprint density at radius 1 is 1.00 bits per heavy atom. The van der Waals surface area contributed by atoms with Crippen molar-refractivity contribution in [3.05, 3.63) is 71.5 Å². The van der Waals surface area contributed by atoms with E-state index in [4.69, 9.17) is 4.74 Å². The summed E-state index contributed by atoms with van der Waals surface area (Å²) in [6.45, 7) is 1.98. The van der Waals surface area contributed by atoms with E-state index < -0.39 is 6.10 Å². The van der Waals surface area contributed by atoms with Crippen LogP contribution in [0.25, 0.3) is 10.8 Å². The highest BCUT2D eigenvalue weighted by molar-refractivity contribution is 5.91. The summed E-state index contributed by atoms with van der Waals surface area (Å²) in [5.74, 6) is 0.810. The number of ether oxygens (including phenoxy) is 1. The molecule has 0 saturated heterocycles. The minimum Gasteiger partial charge on any atom is -0.496 e. The molecular formula is C18H17NO2. The number of nitrogens with zero attached hydrogens (tertiary/aromatic N) is 1. The number of hydrogen-bond acceptors (Lipinski definition) is 3. The number of aromatic nitrogens is 1. The summed E-state index contributed by atoms with van der Waals surface area (Å²) >= 11 is 0. The first-order chi connectivity index (χ1) is 10.2. The zero-order chi connectivity index (χ0) is 14.8. The van der Waals surface area contributed by atoms with Crippen molar-refractivity contribution in [1.82, 2.24) is 4.98 Å². The Balaban J connectivity index is 2.19. The van der Waals surface area contributed by atoms with Crippen molar-refractivity contribution in [1.29, 1.82) is 0 Å². The lowest BCUT2D eigenvalue weighted by atomic mass is 9.94. The maximum absolute atomic E-state index is 10.8. The van der Waals surface area contributed by atoms with Gasteiger partial charge in [0.1, 0.15) is 11.9 Å². The highest BCUT2D eigenvalue weighted by Crippen LogP contribution is 2.34. The van der Waals surface area contributed by atoms with Crippen LogP contribution in [0.2, 0.25) is 0 Å². The molecule has 0 aliphatic carbocycles. The van der Waals surface area contributed by atoms with Gasteiger partial charge in [-0.05, 0) is 35.6 Å². The van der Waals surface area contributed by atoms with Crippen molar-refractivity contribution in [2.75, 3.05) is 7.11 Å². The largest absolute Gasteiger partial charge is 0.496 e. The average Bonchev–Trinajstić information content (AvgIpc) is 2.53. The predicted octanol–water partition coefficient (Wildman–Crippen LogP) is 3.63. The van der Waals surface area contributed by atoms with Crippen molar-refractivity contribution in [3.8, 4) is 5.75 Å². The van der Waals surface area contributed by atoms with Crippen LogP contribution < -0.4 is 4.74 Å². The molecule has 3 nitrogen and oxygen atoms in total. The van der Waals surface area contributed by atoms with E-state index in [1.807, 2.05) is 49.4 Å². The van der Waals surface area contributed by atoms with E-state index in [2.05, 4.69) is 4.98 Å². The summed E-state index contributed by atoms with van der Waals surface area (Å²) < 4.78 is 5.40. The quantitative estimate of drug-likeness (QED) is 0.796. The molecule has 1 N–H and O–H groups in total. The minimum absolute atomic E-state index is 0.700. The van der Waals surface area contributed by atoms with Crippen LogP contribution in [0.4, 0.5) is 0 Å². The van der Waals surface area contributed by atoms with Gasteiger partial charge < -0.3 is 9.84 Å². The number of aliphatic hydroxyl groups is 1. The number of hydrogen-bond donors (Lipinski definition) is 1. The number of benzene rings is 2. The summed E-state index contributed by atoms with van der Waals surface area (Å²) in [6.07, 6.45) is 2.76. The fourth-order valence-electron chi connectivity index (χ4n) is 2.64. The van der Waals surface area contributed by atoms with E-state index in [1.54, 1.807) is 19.5 Å². The van der Waals surface area contributed by atoms with Crippen LogP contribution in [0.3, 0.4) is 0 Å². The third kappa shape index (κ3) is 2.36. The lowest BCUT2D eigenvalue weighted by Gasteiger charge is -2.17. The van der Waals surface area contributed by atoms with Crippen LogP contribution >= 0.6 is 0 Å². The zero-order valence-electron chi connectivity index (χ0n) is 12.1. The van der Waals surface area contributed by atoms with Gasteiger partial charge in [0.25, 0.3) is 0 Å². The molecule has 0 spiro atoms. The number of methoxy groups -OCH3 is 1. The van der Waals surface area contributed by atoms with Gasteiger partial charge in [-0.15, -0.1) is 0 Å². The van der Waals surface area contributed by atoms with Gasteiger partial charge in [-0.25, -0.2) is 0 Å². The zero-order valence-corrected chi connectivity index (χ0v) is 12.1. The third-order valence-corrected chi connectivity index (χ3v) is 3.81. The van der Waals surface area contributed by atoms with Gasteiger partial charge in [0, 0.05) is 23.3 Å². The lowest BCUT2D eigenvalue weighted by Crippen LogP contribution is -2.03. The molecule has 106 valence electrons. The van der Waals surface area contributed by atoms with E-state index in [1.165, 1.54) is 0 Å². The van der Waals surface area contributed by atoms with E-state index in [9.17, 15) is 5.11 Å². The maximum atomic E-state index is 10.8. The molecule has 1 heterocycles. The monoisotopic (exact) mass is 279 g/mol. The molecule has 1 atom stereocenters. The van der Waals surface area contributed by atoms with Gasteiger partial charge in [0.15, 0.2) is 0 Å². The van der Waals surface area contributed by atoms with Gasteiger partial charge in [0.05, 0.1) is 7.11 Å². The Labute approximate surface area is 123 Å². The third-order valence-electron chi connectivity index (χ3n) is 3.81. The molecule has 21 heavy (non-hydrogen) atoms. The predicted molar refractivity (Wildman–Crippen MR) is 83.5 cm³/mol. The molecular weight excluding hydrogens is 262 g/mol. The molecule has 2 aromatic carbocycles. The molecule has 3 heteroatoms. The highest BCUT2D eigenvalue weighted by atomic mass is 16.5. The fraction of sp³-hybridized carbons (Fsp3) is 0.167. The lowest BCUT2D eigenvalue weighted by molar-refractivity contribution is 0.220. The van der Waals surface area contributed by atoms with Gasteiger partial charge in [0.2, 0.25) is 0 Å². The van der Waals surface area contributed by atoms with Crippen LogP contribution in [0.1, 0.15) is 22.8 Å². The van der Waals surface area contributed by atoms with Crippen LogP contribution in [-0.4, -0.2) is 17.2 Å². The molecule has 1 aromatic heterocycles. The summed E-state index contributed by atoms with van der Waals surface area (Å²) in [4.78, 5) is 4.12. The molecule has 3 rings (SSSR count). The van der Waals surface area contributed by atoms with Gasteiger partial charge >= 0.3 is 0 Å². The molecule has 0 amide bonds. The average molecular weight is 279 g/mol. The van der Waals surface area contributed by atoms with Crippen LogP contribution in [0.5, 0.6) is 5.75 Å². The van der Waals surface area contributed by atoms with Crippen molar-refractivity contribution < 1.29 is 9.84 Å². The van der Waals surface area contributed by atoms with E-state index in [-0.39, 0.29) is 0 Å². The number of rotatable bonds is 3. The fourth-order valence-corrected chi connectivity index (χ4v) is 2.64. The summed E-state index contributed by atoms with van der Waals surface area (Å²) in [5.41, 5.74) is 2.72. The topological polar surface area (TPSA) is 42.4 Å². The number of pyridine rings is 1. The second kappa shape index (κ2) is 5.54. The highest BCUT2D eigenvalue weighted by Gasteiger charge is 2.17. The Kier molecular flexibility index (Phi) is 3.59. The molecule has 1 unspecified atom stereocenters. The Hall–Kier alpha value is -2.39. The van der Waals surface area contributed by atoms with Crippen molar-refractivity contribution in [3.63, 3.8) is 0 Å². The van der Waals surface area contributed by atoms with E-state index in [0.29, 0.717) is 0 Å².